The summed E-state index contributed by atoms with van der Waals surface area (Å²) in [4.78, 5) is 8.78. The molecule has 0 heterocycles. The molecule has 4 nitrogen and oxygen atoms in total. The van der Waals surface area contributed by atoms with Gasteiger partial charge in [-0.15, -0.1) is 0 Å². The highest BCUT2D eigenvalue weighted by Gasteiger charge is 2.37. The summed E-state index contributed by atoms with van der Waals surface area (Å²) in [5, 5.41) is 9.41. The number of hydrogen-bond donors (Lipinski definition) is 0. The zero-order valence-electron chi connectivity index (χ0n) is 18.0. The number of carboxylic acids is 1. The van der Waals surface area contributed by atoms with E-state index in [9.17, 15) is 13.2 Å². The highest BCUT2D eigenvalue weighted by atomic mass is 127. The van der Waals surface area contributed by atoms with Crippen molar-refractivity contribution < 1.29 is 55.1 Å². The number of rotatable bonds is 5. The highest BCUT2D eigenvalue weighted by molar-refractivity contribution is 6.30. The molecule has 1 unspecified atom stereocenters. The number of carboxylic acid groups (broad SMARTS) is 1. The van der Waals surface area contributed by atoms with Gasteiger partial charge in [0.05, 0.1) is 0 Å². The quantitative estimate of drug-likeness (QED) is 0.415. The molecule has 1 aliphatic carbocycles. The number of benzene rings is 3. The Hall–Kier alpha value is -2.98. The molecule has 4 rings (SSSR count). The normalized spacial score (nSPS) is 17.0. The lowest BCUT2D eigenvalue weighted by molar-refractivity contribution is -0.344. The molecule has 0 spiro atoms. The van der Waals surface area contributed by atoms with E-state index in [1.807, 2.05) is 101 Å². The summed E-state index contributed by atoms with van der Waals surface area (Å²) in [6, 6.07) is 25.3. The fraction of sp³-hybridized carbons (Fsp3) is 0.115. The van der Waals surface area contributed by atoms with Crippen LogP contribution in [0.3, 0.4) is 0 Å². The second kappa shape index (κ2) is 11.6. The molecule has 3 aromatic rings. The molecule has 182 valence electrons. The van der Waals surface area contributed by atoms with Crippen LogP contribution in [0.1, 0.15) is 12.0 Å². The minimum atomic E-state index is -5.19. The first-order valence-electron chi connectivity index (χ1n) is 10.2. The first-order chi connectivity index (χ1) is 16.6. The Labute approximate surface area is 218 Å². The average Bonchev–Trinajstić information content (AvgIpc) is 2.82. The molecular formula is C26H19ClF3IO4. The van der Waals surface area contributed by atoms with Crippen molar-refractivity contribution in [2.24, 2.45) is 0 Å². The van der Waals surface area contributed by atoms with Crippen molar-refractivity contribution in [2.75, 3.05) is 0 Å². The predicted octanol–water partition coefficient (Wildman–Crippen LogP) is 2.83. The van der Waals surface area contributed by atoms with Crippen LogP contribution in [-0.4, -0.2) is 12.1 Å². The largest absolute Gasteiger partial charge is 0.542 e. The van der Waals surface area contributed by atoms with Gasteiger partial charge in [-0.25, -0.2) is 0 Å². The van der Waals surface area contributed by atoms with Crippen LogP contribution in [0.15, 0.2) is 101 Å². The van der Waals surface area contributed by atoms with E-state index in [2.05, 4.69) is 18.2 Å². The van der Waals surface area contributed by atoms with Gasteiger partial charge in [0.2, 0.25) is 0 Å². The fourth-order valence-electron chi connectivity index (χ4n) is 3.18. The first-order valence-corrected chi connectivity index (χ1v) is 11.7. The molecule has 0 amide bonds. The minimum Gasteiger partial charge on any atom is -0.542 e. The van der Waals surface area contributed by atoms with Gasteiger partial charge in [-0.1, -0.05) is 48.0 Å². The maximum absolute atomic E-state index is 10.5. The standard InChI is InChI=1S/C24H19ClIO2.C2HF3O2/c25-18-11-12-22(23(17-18)27-20-7-3-1-4-8-20)24(15-13-19(26)14-16-24)28-21-9-5-2-6-10-21;3-2(4,5)1(6)7/h1-15,17,26H,16H2;(H,6,7)/q+1;/p-1. The zero-order chi connectivity index (χ0) is 25.5. The molecule has 1 aliphatic rings. The first kappa shape index (κ1) is 26.6. The molecule has 9 heteroatoms. The van der Waals surface area contributed by atoms with E-state index in [-0.39, 0.29) is 0 Å². The number of ether oxygens (including phenoxy) is 2. The third kappa shape index (κ3) is 7.50. The molecule has 0 fully saturated rings. The van der Waals surface area contributed by atoms with Gasteiger partial charge in [-0.3, -0.25) is 0 Å². The number of allylic oxidation sites excluding steroid dienone is 2. The number of alkyl halides is 3. The van der Waals surface area contributed by atoms with Crippen molar-refractivity contribution >= 4 is 17.6 Å². The number of aliphatic carboxylic acids is 1. The molecule has 0 aliphatic heterocycles. The Morgan fingerprint density at radius 2 is 1.54 bits per heavy atom. The van der Waals surface area contributed by atoms with E-state index < -0.39 is 17.7 Å². The van der Waals surface area contributed by atoms with Crippen molar-refractivity contribution in [3.63, 3.8) is 0 Å². The van der Waals surface area contributed by atoms with Gasteiger partial charge in [0.1, 0.15) is 23.2 Å². The predicted molar refractivity (Wildman–Crippen MR) is 121 cm³/mol. The summed E-state index contributed by atoms with van der Waals surface area (Å²) >= 11 is 8.31. The zero-order valence-corrected chi connectivity index (χ0v) is 21.1. The monoisotopic (exact) mass is 614 g/mol. The topological polar surface area (TPSA) is 58.6 Å². The number of carbonyl (C=O) groups excluding carboxylic acids is 1. The van der Waals surface area contributed by atoms with Crippen LogP contribution < -0.4 is 37.2 Å². The van der Waals surface area contributed by atoms with Gasteiger partial charge in [-0.2, -0.15) is 13.2 Å². The molecule has 0 aromatic heterocycles. The molecule has 0 bridgehead atoms. The van der Waals surface area contributed by atoms with Gasteiger partial charge in [0.15, 0.2) is 9.18 Å². The van der Waals surface area contributed by atoms with E-state index >= 15 is 0 Å². The second-order valence-corrected chi connectivity index (χ2v) is 9.07. The van der Waals surface area contributed by atoms with Crippen LogP contribution in [0.5, 0.6) is 17.2 Å². The lowest BCUT2D eigenvalue weighted by atomic mass is 9.86. The molecule has 3 aromatic carbocycles. The SMILES string of the molecule is Clc1ccc(C2(Oc3ccccc3)C=CC([IH+])=CC2)c(Oc2ccccc2)c1.O=C([O-])C(F)(F)F. The molecule has 35 heavy (non-hydrogen) atoms. The Bertz CT molecular complexity index is 1210. The molecule has 0 saturated carbocycles. The fourth-order valence-corrected chi connectivity index (χ4v) is 3.77. The van der Waals surface area contributed by atoms with E-state index in [1.54, 1.807) is 0 Å². The number of hydrogen-bond acceptors (Lipinski definition) is 4. The number of carbonyl (C=O) groups is 1. The Morgan fingerprint density at radius 1 is 0.971 bits per heavy atom. The van der Waals surface area contributed by atoms with Gasteiger partial charge in [-0.05, 0) is 60.7 Å². The van der Waals surface area contributed by atoms with Crippen molar-refractivity contribution in [3.8, 4) is 17.2 Å². The summed E-state index contributed by atoms with van der Waals surface area (Å²) < 4.78 is 45.5. The van der Waals surface area contributed by atoms with Crippen molar-refractivity contribution in [2.45, 2.75) is 18.2 Å². The Morgan fingerprint density at radius 3 is 2.06 bits per heavy atom. The second-order valence-electron chi connectivity index (χ2n) is 7.29. The molecule has 0 N–H and O–H groups in total. The summed E-state index contributed by atoms with van der Waals surface area (Å²) in [7, 11) is 0. The van der Waals surface area contributed by atoms with E-state index in [0.29, 0.717) is 17.2 Å². The number of halogens is 5. The summed E-state index contributed by atoms with van der Waals surface area (Å²) in [6.45, 7) is 0. The summed E-state index contributed by atoms with van der Waals surface area (Å²) in [5.41, 5.74) is 0.266. The summed E-state index contributed by atoms with van der Waals surface area (Å²) in [5.74, 6) is -0.755. The van der Waals surface area contributed by atoms with Gasteiger partial charge >= 0.3 is 6.18 Å². The van der Waals surface area contributed by atoms with Gasteiger partial charge in [0.25, 0.3) is 22.6 Å². The lowest BCUT2D eigenvalue weighted by Crippen LogP contribution is -3.33. The van der Waals surface area contributed by atoms with Crippen LogP contribution in [0, 0.1) is 0 Å². The maximum Gasteiger partial charge on any atom is 0.430 e. The lowest BCUT2D eigenvalue weighted by Gasteiger charge is -2.34. The summed E-state index contributed by atoms with van der Waals surface area (Å²) in [6.07, 6.45) is 1.91. The average molecular weight is 615 g/mol. The van der Waals surface area contributed by atoms with E-state index in [0.717, 1.165) is 17.1 Å². The van der Waals surface area contributed by atoms with Crippen LogP contribution in [-0.2, 0) is 10.4 Å². The highest BCUT2D eigenvalue weighted by Crippen LogP contribution is 2.42. The third-order valence-electron chi connectivity index (χ3n) is 4.77. The number of para-hydroxylation sites is 2. The molecular weight excluding hydrogens is 596 g/mol. The van der Waals surface area contributed by atoms with Crippen LogP contribution in [0.25, 0.3) is 0 Å². The Kier molecular flexibility index (Phi) is 8.85. The van der Waals surface area contributed by atoms with Crippen LogP contribution >= 0.6 is 11.6 Å². The minimum absolute atomic E-state index is 0.622. The third-order valence-corrected chi connectivity index (χ3v) is 5.87. The molecule has 0 saturated heterocycles. The van der Waals surface area contributed by atoms with E-state index in [4.69, 9.17) is 31.0 Å². The maximum atomic E-state index is 10.5. The van der Waals surface area contributed by atoms with E-state index in [1.165, 1.54) is 3.58 Å². The van der Waals surface area contributed by atoms with Gasteiger partial charge in [0, 0.05) is 17.0 Å². The molecule has 0 radical (unpaired) electrons. The van der Waals surface area contributed by atoms with Crippen molar-refractivity contribution in [1.82, 2.24) is 0 Å². The van der Waals surface area contributed by atoms with Crippen LogP contribution in [0.4, 0.5) is 13.2 Å². The van der Waals surface area contributed by atoms with Crippen LogP contribution in [0.2, 0.25) is 5.02 Å². The molecule has 1 atom stereocenters. The van der Waals surface area contributed by atoms with Crippen molar-refractivity contribution in [3.05, 3.63) is 111 Å². The Balaban J connectivity index is 0.000000429. The van der Waals surface area contributed by atoms with Gasteiger partial charge < -0.3 is 19.4 Å². The van der Waals surface area contributed by atoms with Crippen molar-refractivity contribution in [1.29, 1.82) is 0 Å². The smallest absolute Gasteiger partial charge is 0.430 e.